The maximum atomic E-state index is 5.85. The summed E-state index contributed by atoms with van der Waals surface area (Å²) in [5.41, 5.74) is 2.76. The Bertz CT molecular complexity index is 366. The molecular formula is C16H25ClO. The highest BCUT2D eigenvalue weighted by molar-refractivity contribution is 6.17. The third-order valence-corrected chi connectivity index (χ3v) is 3.18. The predicted octanol–water partition coefficient (Wildman–Crippen LogP) is 4.94. The fourth-order valence-corrected chi connectivity index (χ4v) is 2.06. The van der Waals surface area contributed by atoms with E-state index in [9.17, 15) is 0 Å². The highest BCUT2D eigenvalue weighted by atomic mass is 35.5. The fraction of sp³-hybridized carbons (Fsp3) is 0.625. The second-order valence-electron chi connectivity index (χ2n) is 5.72. The second-order valence-corrected chi connectivity index (χ2v) is 6.10. The van der Waals surface area contributed by atoms with E-state index in [1.54, 1.807) is 0 Å². The van der Waals surface area contributed by atoms with Gasteiger partial charge in [0.05, 0.1) is 6.61 Å². The van der Waals surface area contributed by atoms with Crippen molar-refractivity contribution < 1.29 is 4.74 Å². The van der Waals surface area contributed by atoms with Gasteiger partial charge in [-0.05, 0) is 41.9 Å². The van der Waals surface area contributed by atoms with Crippen molar-refractivity contribution in [2.45, 2.75) is 52.4 Å². The zero-order valence-corrected chi connectivity index (χ0v) is 12.8. The van der Waals surface area contributed by atoms with Crippen LogP contribution in [-0.2, 0) is 11.8 Å². The van der Waals surface area contributed by atoms with Crippen LogP contribution in [0.5, 0.6) is 5.75 Å². The van der Waals surface area contributed by atoms with Crippen molar-refractivity contribution in [2.75, 3.05) is 12.5 Å². The smallest absolute Gasteiger partial charge is 0.123 e. The molecule has 0 aromatic heterocycles. The van der Waals surface area contributed by atoms with Crippen LogP contribution in [0.4, 0.5) is 0 Å². The predicted molar refractivity (Wildman–Crippen MR) is 80.0 cm³/mol. The lowest BCUT2D eigenvalue weighted by atomic mass is 9.85. The Morgan fingerprint density at radius 3 is 2.50 bits per heavy atom. The van der Waals surface area contributed by atoms with Crippen molar-refractivity contribution in [1.29, 1.82) is 0 Å². The van der Waals surface area contributed by atoms with Crippen LogP contribution in [0.3, 0.4) is 0 Å². The van der Waals surface area contributed by atoms with Crippen molar-refractivity contribution in [3.63, 3.8) is 0 Å². The summed E-state index contributed by atoms with van der Waals surface area (Å²) in [5, 5.41) is 0. The van der Waals surface area contributed by atoms with Gasteiger partial charge in [-0.15, -0.1) is 11.6 Å². The van der Waals surface area contributed by atoms with Crippen LogP contribution in [0, 0.1) is 0 Å². The molecule has 0 heterocycles. The van der Waals surface area contributed by atoms with E-state index in [0.717, 1.165) is 37.5 Å². The topological polar surface area (TPSA) is 9.23 Å². The number of benzene rings is 1. The van der Waals surface area contributed by atoms with E-state index in [4.69, 9.17) is 16.3 Å². The first-order valence-electron chi connectivity index (χ1n) is 6.81. The normalized spacial score (nSPS) is 11.6. The monoisotopic (exact) mass is 268 g/mol. The Balaban J connectivity index is 2.97. The number of ether oxygens (including phenoxy) is 1. The van der Waals surface area contributed by atoms with Gasteiger partial charge in [-0.25, -0.2) is 0 Å². The molecule has 1 rings (SSSR count). The summed E-state index contributed by atoms with van der Waals surface area (Å²) in [6.07, 6.45) is 3.11. The number of alkyl halides is 1. The van der Waals surface area contributed by atoms with E-state index in [0.29, 0.717) is 0 Å². The molecule has 0 fully saturated rings. The summed E-state index contributed by atoms with van der Waals surface area (Å²) >= 11 is 5.76. The molecule has 2 heteroatoms. The van der Waals surface area contributed by atoms with Gasteiger partial charge in [0.1, 0.15) is 5.75 Å². The highest BCUT2D eigenvalue weighted by Gasteiger charge is 2.19. The minimum absolute atomic E-state index is 0.111. The molecule has 1 aromatic carbocycles. The van der Waals surface area contributed by atoms with E-state index < -0.39 is 0 Å². The Morgan fingerprint density at radius 1 is 1.22 bits per heavy atom. The zero-order chi connectivity index (χ0) is 13.6. The van der Waals surface area contributed by atoms with Crippen molar-refractivity contribution in [2.24, 2.45) is 0 Å². The molecule has 0 amide bonds. The molecule has 0 bridgehead atoms. The molecule has 1 nitrogen and oxygen atoms in total. The van der Waals surface area contributed by atoms with Crippen molar-refractivity contribution in [3.8, 4) is 5.75 Å². The van der Waals surface area contributed by atoms with Gasteiger partial charge >= 0.3 is 0 Å². The lowest BCUT2D eigenvalue weighted by Gasteiger charge is -2.23. The summed E-state index contributed by atoms with van der Waals surface area (Å²) < 4.78 is 5.85. The zero-order valence-electron chi connectivity index (χ0n) is 12.1. The molecule has 1 aromatic rings. The van der Waals surface area contributed by atoms with E-state index in [2.05, 4.69) is 45.9 Å². The van der Waals surface area contributed by atoms with Crippen LogP contribution >= 0.6 is 11.6 Å². The molecular weight excluding hydrogens is 244 g/mol. The maximum absolute atomic E-state index is 5.85. The molecule has 0 aliphatic carbocycles. The molecule has 0 saturated carbocycles. The Kier molecular flexibility index (Phi) is 6.01. The first-order chi connectivity index (χ1) is 8.49. The molecule has 0 atom stereocenters. The third kappa shape index (κ3) is 4.53. The molecule has 0 aliphatic rings. The Morgan fingerprint density at radius 2 is 1.94 bits per heavy atom. The lowest BCUT2D eigenvalue weighted by Crippen LogP contribution is -2.14. The fourth-order valence-electron chi connectivity index (χ4n) is 1.93. The van der Waals surface area contributed by atoms with Gasteiger partial charge in [0.2, 0.25) is 0 Å². The van der Waals surface area contributed by atoms with Gasteiger partial charge in [-0.2, -0.15) is 0 Å². The number of aryl methyl sites for hydroxylation is 1. The van der Waals surface area contributed by atoms with E-state index in [1.165, 1.54) is 11.1 Å². The lowest BCUT2D eigenvalue weighted by molar-refractivity contribution is 0.308. The van der Waals surface area contributed by atoms with E-state index in [1.807, 2.05) is 0 Å². The van der Waals surface area contributed by atoms with Crippen LogP contribution in [-0.4, -0.2) is 12.5 Å². The second kappa shape index (κ2) is 7.04. The molecule has 102 valence electrons. The van der Waals surface area contributed by atoms with Gasteiger partial charge < -0.3 is 4.74 Å². The van der Waals surface area contributed by atoms with Gasteiger partial charge in [-0.1, -0.05) is 39.8 Å². The molecule has 0 aliphatic heterocycles. The van der Waals surface area contributed by atoms with E-state index in [-0.39, 0.29) is 5.41 Å². The largest absolute Gasteiger partial charge is 0.493 e. The molecule has 0 unspecified atom stereocenters. The van der Waals surface area contributed by atoms with Crippen molar-refractivity contribution >= 4 is 11.6 Å². The maximum Gasteiger partial charge on any atom is 0.123 e. The average Bonchev–Trinajstić information content (AvgIpc) is 2.33. The Hall–Kier alpha value is -0.690. The average molecular weight is 269 g/mol. The first-order valence-corrected chi connectivity index (χ1v) is 7.34. The van der Waals surface area contributed by atoms with Crippen molar-refractivity contribution in [1.82, 2.24) is 0 Å². The minimum Gasteiger partial charge on any atom is -0.493 e. The summed E-state index contributed by atoms with van der Waals surface area (Å²) in [5.74, 6) is 1.75. The van der Waals surface area contributed by atoms with Crippen LogP contribution in [0.2, 0.25) is 0 Å². The summed E-state index contributed by atoms with van der Waals surface area (Å²) in [6, 6.07) is 6.55. The molecule has 18 heavy (non-hydrogen) atoms. The van der Waals surface area contributed by atoms with Gasteiger partial charge in [0.15, 0.2) is 0 Å². The van der Waals surface area contributed by atoms with E-state index >= 15 is 0 Å². The minimum atomic E-state index is 0.111. The van der Waals surface area contributed by atoms with Gasteiger partial charge in [0, 0.05) is 5.88 Å². The third-order valence-electron chi connectivity index (χ3n) is 2.91. The van der Waals surface area contributed by atoms with Crippen LogP contribution in [0.1, 0.15) is 51.7 Å². The molecule has 0 N–H and O–H groups in total. The number of halogens is 1. The van der Waals surface area contributed by atoms with Gasteiger partial charge in [0.25, 0.3) is 0 Å². The van der Waals surface area contributed by atoms with Crippen molar-refractivity contribution in [3.05, 3.63) is 29.3 Å². The van der Waals surface area contributed by atoms with Crippen LogP contribution in [0.25, 0.3) is 0 Å². The van der Waals surface area contributed by atoms with Crippen LogP contribution < -0.4 is 4.74 Å². The van der Waals surface area contributed by atoms with Gasteiger partial charge in [-0.3, -0.25) is 0 Å². The Labute approximate surface area is 116 Å². The first kappa shape index (κ1) is 15.4. The summed E-state index contributed by atoms with van der Waals surface area (Å²) in [6.45, 7) is 9.60. The van der Waals surface area contributed by atoms with Crippen LogP contribution in [0.15, 0.2) is 18.2 Å². The summed E-state index contributed by atoms with van der Waals surface area (Å²) in [7, 11) is 0. The molecule has 0 spiro atoms. The highest BCUT2D eigenvalue weighted by Crippen LogP contribution is 2.32. The quantitative estimate of drug-likeness (QED) is 0.664. The standard InChI is InChI=1S/C16H25ClO/c1-5-11-18-15-9-8-13(7-6-10-17)12-14(15)16(2,3)4/h8-9,12H,5-7,10-11H2,1-4H3. The number of hydrogen-bond donors (Lipinski definition) is 0. The molecule has 0 radical (unpaired) electrons. The number of hydrogen-bond acceptors (Lipinski definition) is 1. The SMILES string of the molecule is CCCOc1ccc(CCCCl)cc1C(C)(C)C. The summed E-state index contributed by atoms with van der Waals surface area (Å²) in [4.78, 5) is 0. The number of rotatable bonds is 6. The molecule has 0 saturated heterocycles.